The SMILES string of the molecule is Ic1ccc(-c2ccc(-c3ccc(I)cc3)c(-c3ccc(I)cc3)c2)cc1. The highest BCUT2D eigenvalue weighted by Gasteiger charge is 2.10. The first-order chi connectivity index (χ1) is 13.1. The standard InChI is InChI=1S/C24H15I3/c25-20-8-1-16(2-9-20)19-7-14-23(17-3-10-21(26)11-4-17)24(15-19)18-5-12-22(27)13-6-18/h1-15H. The van der Waals surface area contributed by atoms with Gasteiger partial charge in [0.05, 0.1) is 0 Å². The van der Waals surface area contributed by atoms with Gasteiger partial charge in [0.1, 0.15) is 0 Å². The average molecular weight is 684 g/mol. The summed E-state index contributed by atoms with van der Waals surface area (Å²) in [4.78, 5) is 0. The lowest BCUT2D eigenvalue weighted by atomic mass is 9.91. The van der Waals surface area contributed by atoms with E-state index in [4.69, 9.17) is 0 Å². The van der Waals surface area contributed by atoms with Gasteiger partial charge in [-0.1, -0.05) is 48.5 Å². The topological polar surface area (TPSA) is 0 Å². The van der Waals surface area contributed by atoms with Crippen LogP contribution < -0.4 is 0 Å². The van der Waals surface area contributed by atoms with E-state index < -0.39 is 0 Å². The van der Waals surface area contributed by atoms with E-state index in [1.54, 1.807) is 0 Å². The van der Waals surface area contributed by atoms with Crippen LogP contribution in [0.1, 0.15) is 0 Å². The van der Waals surface area contributed by atoms with Gasteiger partial charge >= 0.3 is 0 Å². The molecule has 4 aromatic rings. The molecule has 0 amide bonds. The Kier molecular flexibility index (Phi) is 6.18. The Morgan fingerprint density at radius 2 is 0.704 bits per heavy atom. The smallest absolute Gasteiger partial charge is 0.0130 e. The van der Waals surface area contributed by atoms with Gasteiger partial charge in [-0.15, -0.1) is 0 Å². The van der Waals surface area contributed by atoms with Crippen molar-refractivity contribution in [1.29, 1.82) is 0 Å². The van der Waals surface area contributed by atoms with Gasteiger partial charge in [-0.25, -0.2) is 0 Å². The number of hydrogen-bond acceptors (Lipinski definition) is 0. The van der Waals surface area contributed by atoms with Crippen LogP contribution in [0.2, 0.25) is 0 Å². The zero-order valence-corrected chi connectivity index (χ0v) is 20.8. The summed E-state index contributed by atoms with van der Waals surface area (Å²) in [5.74, 6) is 0. The van der Waals surface area contributed by atoms with Gasteiger partial charge in [0, 0.05) is 10.7 Å². The lowest BCUT2D eigenvalue weighted by molar-refractivity contribution is 1.54. The van der Waals surface area contributed by atoms with Crippen molar-refractivity contribution in [1.82, 2.24) is 0 Å². The van der Waals surface area contributed by atoms with Gasteiger partial charge in [-0.2, -0.15) is 0 Å². The first-order valence-corrected chi connectivity index (χ1v) is 11.8. The van der Waals surface area contributed by atoms with E-state index in [0.29, 0.717) is 0 Å². The van der Waals surface area contributed by atoms with Crippen molar-refractivity contribution in [2.45, 2.75) is 0 Å². The maximum atomic E-state index is 2.36. The molecule has 0 aliphatic carbocycles. The monoisotopic (exact) mass is 684 g/mol. The highest BCUT2D eigenvalue weighted by atomic mass is 127. The van der Waals surface area contributed by atoms with Crippen LogP contribution in [0.25, 0.3) is 33.4 Å². The molecule has 0 aromatic heterocycles. The van der Waals surface area contributed by atoms with E-state index in [9.17, 15) is 0 Å². The van der Waals surface area contributed by atoms with Crippen molar-refractivity contribution in [2.75, 3.05) is 0 Å². The van der Waals surface area contributed by atoms with E-state index in [2.05, 4.69) is 159 Å². The predicted molar refractivity (Wildman–Crippen MR) is 141 cm³/mol. The van der Waals surface area contributed by atoms with E-state index in [-0.39, 0.29) is 0 Å². The molecule has 4 aromatic carbocycles. The molecule has 0 aliphatic rings. The maximum Gasteiger partial charge on any atom is 0.0130 e. The molecule has 0 radical (unpaired) electrons. The van der Waals surface area contributed by atoms with Crippen LogP contribution in [-0.2, 0) is 0 Å². The Morgan fingerprint density at radius 1 is 0.333 bits per heavy atom. The van der Waals surface area contributed by atoms with Crippen molar-refractivity contribution in [3.05, 3.63) is 102 Å². The van der Waals surface area contributed by atoms with Crippen molar-refractivity contribution in [3.8, 4) is 33.4 Å². The van der Waals surface area contributed by atoms with Crippen molar-refractivity contribution < 1.29 is 0 Å². The second-order valence-corrected chi connectivity index (χ2v) is 10.0. The van der Waals surface area contributed by atoms with Crippen LogP contribution in [0.4, 0.5) is 0 Å². The Balaban J connectivity index is 1.89. The van der Waals surface area contributed by atoms with Crippen LogP contribution in [0, 0.1) is 10.7 Å². The van der Waals surface area contributed by atoms with Crippen LogP contribution in [0.5, 0.6) is 0 Å². The summed E-state index contributed by atoms with van der Waals surface area (Å²) < 4.78 is 3.76. The zero-order valence-electron chi connectivity index (χ0n) is 14.3. The van der Waals surface area contributed by atoms with Gasteiger partial charge in [0.15, 0.2) is 0 Å². The molecular formula is C24H15I3. The fourth-order valence-electron chi connectivity index (χ4n) is 3.12. The number of benzene rings is 4. The number of rotatable bonds is 3. The molecular weight excluding hydrogens is 669 g/mol. The molecule has 0 saturated heterocycles. The second kappa shape index (κ2) is 8.61. The van der Waals surface area contributed by atoms with Crippen molar-refractivity contribution in [2.24, 2.45) is 0 Å². The quantitative estimate of drug-likeness (QED) is 0.190. The first kappa shape index (κ1) is 19.4. The minimum absolute atomic E-state index is 1.24. The van der Waals surface area contributed by atoms with Gasteiger partial charge in [-0.3, -0.25) is 0 Å². The highest BCUT2D eigenvalue weighted by Crippen LogP contribution is 2.36. The molecule has 27 heavy (non-hydrogen) atoms. The zero-order chi connectivity index (χ0) is 18.8. The molecule has 0 bridgehead atoms. The Labute approximate surface area is 200 Å². The molecule has 0 heterocycles. The summed E-state index contributed by atoms with van der Waals surface area (Å²) in [5.41, 5.74) is 7.52. The fraction of sp³-hybridized carbons (Fsp3) is 0. The van der Waals surface area contributed by atoms with Crippen LogP contribution in [0.15, 0.2) is 91.0 Å². The van der Waals surface area contributed by atoms with E-state index in [1.165, 1.54) is 44.1 Å². The largest absolute Gasteiger partial charge is 0.0537 e. The summed E-state index contributed by atoms with van der Waals surface area (Å²) in [7, 11) is 0. The summed E-state index contributed by atoms with van der Waals surface area (Å²) in [6.07, 6.45) is 0. The minimum atomic E-state index is 1.24. The lowest BCUT2D eigenvalue weighted by Crippen LogP contribution is -1.88. The molecule has 0 aliphatic heterocycles. The Morgan fingerprint density at radius 3 is 1.19 bits per heavy atom. The molecule has 0 unspecified atom stereocenters. The molecule has 0 spiro atoms. The summed E-state index contributed by atoms with van der Waals surface area (Å²) in [6, 6.07) is 33.0. The third-order valence-electron chi connectivity index (χ3n) is 4.51. The van der Waals surface area contributed by atoms with Crippen molar-refractivity contribution in [3.63, 3.8) is 0 Å². The Bertz CT molecular complexity index is 1060. The summed E-state index contributed by atoms with van der Waals surface area (Å²) >= 11 is 7.06. The lowest BCUT2D eigenvalue weighted by Gasteiger charge is -2.14. The van der Waals surface area contributed by atoms with E-state index in [1.807, 2.05) is 0 Å². The number of halogens is 3. The Hall–Kier alpha value is -0.930. The third kappa shape index (κ3) is 4.56. The van der Waals surface area contributed by atoms with Gasteiger partial charge < -0.3 is 0 Å². The summed E-state index contributed by atoms with van der Waals surface area (Å²) in [5, 5.41) is 0. The number of hydrogen-bond donors (Lipinski definition) is 0. The minimum Gasteiger partial charge on any atom is -0.0537 e. The average Bonchev–Trinajstić information content (AvgIpc) is 2.69. The molecule has 0 nitrogen and oxygen atoms in total. The fourth-order valence-corrected chi connectivity index (χ4v) is 4.19. The first-order valence-electron chi connectivity index (χ1n) is 8.52. The molecule has 132 valence electrons. The molecule has 0 N–H and O–H groups in total. The van der Waals surface area contributed by atoms with E-state index in [0.717, 1.165) is 0 Å². The normalized spacial score (nSPS) is 10.8. The second-order valence-electron chi connectivity index (χ2n) is 6.28. The van der Waals surface area contributed by atoms with Crippen LogP contribution in [-0.4, -0.2) is 0 Å². The van der Waals surface area contributed by atoms with Crippen LogP contribution >= 0.6 is 67.8 Å². The highest BCUT2D eigenvalue weighted by molar-refractivity contribution is 14.1. The predicted octanol–water partition coefficient (Wildman–Crippen LogP) is 8.50. The molecule has 3 heteroatoms. The molecule has 4 rings (SSSR count). The summed E-state index contributed by atoms with van der Waals surface area (Å²) in [6.45, 7) is 0. The third-order valence-corrected chi connectivity index (χ3v) is 6.67. The van der Waals surface area contributed by atoms with Crippen LogP contribution in [0.3, 0.4) is 0 Å². The van der Waals surface area contributed by atoms with Crippen molar-refractivity contribution >= 4 is 67.8 Å². The van der Waals surface area contributed by atoms with Gasteiger partial charge in [0.25, 0.3) is 0 Å². The molecule has 0 fully saturated rings. The van der Waals surface area contributed by atoms with Gasteiger partial charge in [0.2, 0.25) is 0 Å². The molecule has 0 saturated carbocycles. The molecule has 0 atom stereocenters. The van der Waals surface area contributed by atoms with Gasteiger partial charge in [-0.05, 0) is 144 Å². The van der Waals surface area contributed by atoms with E-state index >= 15 is 0 Å². The maximum absolute atomic E-state index is 2.36.